The van der Waals surface area contributed by atoms with Gasteiger partial charge in [-0.05, 0) is 42.0 Å². The van der Waals surface area contributed by atoms with Crippen molar-refractivity contribution in [2.24, 2.45) is 0 Å². The Bertz CT molecular complexity index is 1100. The smallest absolute Gasteiger partial charge is 0.339 e. The second-order valence-electron chi connectivity index (χ2n) is 6.77. The maximum atomic E-state index is 12.6. The normalized spacial score (nSPS) is 10.0. The molecule has 0 unspecified atom stereocenters. The van der Waals surface area contributed by atoms with Crippen LogP contribution in [0.2, 0.25) is 0 Å². The van der Waals surface area contributed by atoms with Crippen molar-refractivity contribution in [1.82, 2.24) is 0 Å². The number of esters is 1. The van der Waals surface area contributed by atoms with Gasteiger partial charge in [0.1, 0.15) is 0 Å². The molecule has 0 aromatic heterocycles. The van der Waals surface area contributed by atoms with Crippen LogP contribution < -0.4 is 10.2 Å². The standard InChI is InChI=1S/C24H21N3O3/c1-27(2)19-13-11-18(12-14-19)26-23(28)16-30-24(29)22-10-6-5-9-21(22)20-8-4-3-7-17(20)15-25/h3-14H,16H2,1-2H3,(H,26,28). The largest absolute Gasteiger partial charge is 0.452 e. The van der Waals surface area contributed by atoms with E-state index in [1.807, 2.05) is 31.1 Å². The Labute approximate surface area is 175 Å². The van der Waals surface area contributed by atoms with Gasteiger partial charge in [0.2, 0.25) is 0 Å². The quantitative estimate of drug-likeness (QED) is 0.632. The topological polar surface area (TPSA) is 82.4 Å². The molecular weight excluding hydrogens is 378 g/mol. The number of nitrogens with zero attached hydrogens (tertiary/aromatic N) is 2. The third-order valence-electron chi connectivity index (χ3n) is 4.49. The molecule has 0 radical (unpaired) electrons. The summed E-state index contributed by atoms with van der Waals surface area (Å²) in [6.07, 6.45) is 0. The van der Waals surface area contributed by atoms with Crippen LogP contribution in [-0.4, -0.2) is 32.6 Å². The van der Waals surface area contributed by atoms with Crippen molar-refractivity contribution >= 4 is 23.3 Å². The fourth-order valence-electron chi connectivity index (χ4n) is 2.96. The van der Waals surface area contributed by atoms with Gasteiger partial charge in [-0.2, -0.15) is 5.26 Å². The van der Waals surface area contributed by atoms with Crippen LogP contribution in [-0.2, 0) is 9.53 Å². The van der Waals surface area contributed by atoms with E-state index in [1.165, 1.54) is 0 Å². The number of hydrogen-bond donors (Lipinski definition) is 1. The van der Waals surface area contributed by atoms with E-state index < -0.39 is 18.5 Å². The summed E-state index contributed by atoms with van der Waals surface area (Å²) in [6.45, 7) is -0.414. The van der Waals surface area contributed by atoms with Gasteiger partial charge >= 0.3 is 5.97 Å². The number of amides is 1. The summed E-state index contributed by atoms with van der Waals surface area (Å²) >= 11 is 0. The highest BCUT2D eigenvalue weighted by Gasteiger charge is 2.17. The minimum atomic E-state index is -0.628. The number of anilines is 2. The van der Waals surface area contributed by atoms with Gasteiger partial charge in [-0.1, -0.05) is 36.4 Å². The molecule has 6 nitrogen and oxygen atoms in total. The van der Waals surface area contributed by atoms with Gasteiger partial charge in [0.25, 0.3) is 5.91 Å². The van der Waals surface area contributed by atoms with Crippen LogP contribution in [0, 0.1) is 11.3 Å². The van der Waals surface area contributed by atoms with Crippen LogP contribution in [0.3, 0.4) is 0 Å². The van der Waals surface area contributed by atoms with Crippen LogP contribution in [0.4, 0.5) is 11.4 Å². The zero-order valence-electron chi connectivity index (χ0n) is 16.8. The lowest BCUT2D eigenvalue weighted by Crippen LogP contribution is -2.21. The first kappa shape index (κ1) is 20.6. The molecule has 1 amide bonds. The van der Waals surface area contributed by atoms with Gasteiger partial charge in [-0.3, -0.25) is 4.79 Å². The number of ether oxygens (including phenoxy) is 1. The van der Waals surface area contributed by atoms with Crippen molar-refractivity contribution in [2.75, 3.05) is 30.9 Å². The molecule has 0 aliphatic carbocycles. The molecule has 30 heavy (non-hydrogen) atoms. The first-order valence-electron chi connectivity index (χ1n) is 9.32. The third kappa shape index (κ3) is 4.83. The maximum absolute atomic E-state index is 12.6. The van der Waals surface area contributed by atoms with E-state index in [0.29, 0.717) is 27.9 Å². The van der Waals surface area contributed by atoms with E-state index in [4.69, 9.17) is 4.74 Å². The molecule has 1 N–H and O–H groups in total. The van der Waals surface area contributed by atoms with Crippen LogP contribution >= 0.6 is 0 Å². The number of nitrogens with one attached hydrogen (secondary N) is 1. The average Bonchev–Trinajstić information content (AvgIpc) is 2.77. The number of carbonyl (C=O) groups is 2. The first-order valence-corrected chi connectivity index (χ1v) is 9.32. The second-order valence-corrected chi connectivity index (χ2v) is 6.77. The monoisotopic (exact) mass is 399 g/mol. The van der Waals surface area contributed by atoms with Crippen molar-refractivity contribution in [3.8, 4) is 17.2 Å². The molecule has 0 heterocycles. The van der Waals surface area contributed by atoms with Crippen molar-refractivity contribution < 1.29 is 14.3 Å². The van der Waals surface area contributed by atoms with Crippen LogP contribution in [0.1, 0.15) is 15.9 Å². The SMILES string of the molecule is CN(C)c1ccc(NC(=O)COC(=O)c2ccccc2-c2ccccc2C#N)cc1. The summed E-state index contributed by atoms with van der Waals surface area (Å²) in [7, 11) is 3.86. The van der Waals surface area contributed by atoms with E-state index in [-0.39, 0.29) is 0 Å². The van der Waals surface area contributed by atoms with Gasteiger partial charge in [-0.25, -0.2) is 4.79 Å². The summed E-state index contributed by atoms with van der Waals surface area (Å²) in [5, 5.41) is 12.1. The fraction of sp³-hybridized carbons (Fsp3) is 0.125. The molecule has 3 aromatic carbocycles. The molecule has 0 saturated carbocycles. The van der Waals surface area contributed by atoms with Gasteiger partial charge in [0.05, 0.1) is 17.2 Å². The number of hydrogen-bond acceptors (Lipinski definition) is 5. The summed E-state index contributed by atoms with van der Waals surface area (Å²) in [5.74, 6) is -1.06. The van der Waals surface area contributed by atoms with Gasteiger partial charge in [0, 0.05) is 31.0 Å². The van der Waals surface area contributed by atoms with Crippen molar-refractivity contribution in [2.45, 2.75) is 0 Å². The van der Waals surface area contributed by atoms with E-state index in [9.17, 15) is 14.9 Å². The zero-order valence-corrected chi connectivity index (χ0v) is 16.8. The van der Waals surface area contributed by atoms with Crippen LogP contribution in [0.5, 0.6) is 0 Å². The van der Waals surface area contributed by atoms with Gasteiger partial charge in [-0.15, -0.1) is 0 Å². The predicted molar refractivity (Wildman–Crippen MR) is 116 cm³/mol. The highest BCUT2D eigenvalue weighted by molar-refractivity contribution is 6.00. The Morgan fingerprint density at radius 2 is 1.57 bits per heavy atom. The molecule has 150 valence electrons. The van der Waals surface area contributed by atoms with Crippen molar-refractivity contribution in [3.63, 3.8) is 0 Å². The summed E-state index contributed by atoms with van der Waals surface area (Å²) < 4.78 is 5.22. The van der Waals surface area contributed by atoms with E-state index in [0.717, 1.165) is 5.69 Å². The lowest BCUT2D eigenvalue weighted by molar-refractivity contribution is -0.119. The minimum Gasteiger partial charge on any atom is -0.452 e. The van der Waals surface area contributed by atoms with Crippen molar-refractivity contribution in [1.29, 1.82) is 5.26 Å². The molecule has 6 heteroatoms. The van der Waals surface area contributed by atoms with Gasteiger partial charge < -0.3 is 15.0 Å². The van der Waals surface area contributed by atoms with Crippen LogP contribution in [0.15, 0.2) is 72.8 Å². The Balaban J connectivity index is 1.68. The molecular formula is C24H21N3O3. The number of rotatable bonds is 6. The molecule has 0 spiro atoms. The first-order chi connectivity index (χ1) is 14.5. The average molecular weight is 399 g/mol. The Hall–Kier alpha value is -4.11. The summed E-state index contributed by atoms with van der Waals surface area (Å²) in [4.78, 5) is 26.8. The van der Waals surface area contributed by atoms with E-state index in [1.54, 1.807) is 60.7 Å². The molecule has 0 atom stereocenters. The lowest BCUT2D eigenvalue weighted by atomic mass is 9.96. The fourth-order valence-corrected chi connectivity index (χ4v) is 2.96. The van der Waals surface area contributed by atoms with Gasteiger partial charge in [0.15, 0.2) is 6.61 Å². The third-order valence-corrected chi connectivity index (χ3v) is 4.49. The van der Waals surface area contributed by atoms with Crippen LogP contribution in [0.25, 0.3) is 11.1 Å². The van der Waals surface area contributed by atoms with E-state index >= 15 is 0 Å². The van der Waals surface area contributed by atoms with Crippen molar-refractivity contribution in [3.05, 3.63) is 83.9 Å². The molecule has 0 saturated heterocycles. The molecule has 0 aliphatic heterocycles. The van der Waals surface area contributed by atoms with E-state index in [2.05, 4.69) is 11.4 Å². The minimum absolute atomic E-state index is 0.295. The molecule has 0 aliphatic rings. The number of carbonyl (C=O) groups excluding carboxylic acids is 2. The molecule has 3 rings (SSSR count). The Morgan fingerprint density at radius 1 is 0.933 bits per heavy atom. The number of benzene rings is 3. The Morgan fingerprint density at radius 3 is 2.23 bits per heavy atom. The predicted octanol–water partition coefficient (Wildman–Crippen LogP) is 4.09. The molecule has 3 aromatic rings. The summed E-state index contributed by atoms with van der Waals surface area (Å²) in [6, 6.07) is 23.3. The highest BCUT2D eigenvalue weighted by Crippen LogP contribution is 2.27. The lowest BCUT2D eigenvalue weighted by Gasteiger charge is -2.13. The highest BCUT2D eigenvalue weighted by atomic mass is 16.5. The molecule has 0 fully saturated rings. The zero-order chi connectivity index (χ0) is 21.5. The molecule has 0 bridgehead atoms. The number of nitriles is 1. The summed E-state index contributed by atoms with van der Waals surface area (Å²) in [5.41, 5.74) is 3.59. The maximum Gasteiger partial charge on any atom is 0.339 e. The second kappa shape index (κ2) is 9.39. The Kier molecular flexibility index (Phi) is 6.46.